The van der Waals surface area contributed by atoms with Gasteiger partial charge in [-0.15, -0.1) is 11.6 Å². The Bertz CT molecular complexity index is 73.0. The first-order chi connectivity index (χ1) is 4.22. The van der Waals surface area contributed by atoms with E-state index in [1.807, 2.05) is 0 Å². The van der Waals surface area contributed by atoms with Crippen LogP contribution in [-0.4, -0.2) is 19.3 Å². The second-order valence-corrected chi connectivity index (χ2v) is 4.26. The minimum Gasteiger partial charge on any atom is -0.240 e. The molecule has 0 nitrogen and oxygen atoms in total. The molecule has 0 aliphatic heterocycles. The van der Waals surface area contributed by atoms with Crippen molar-refractivity contribution in [3.8, 4) is 0 Å². The lowest BCUT2D eigenvalue weighted by Crippen LogP contribution is -1.65. The molecule has 0 heterocycles. The molecule has 0 fully saturated rings. The van der Waals surface area contributed by atoms with Crippen molar-refractivity contribution in [3.05, 3.63) is 18.0 Å². The van der Waals surface area contributed by atoms with Gasteiger partial charge in [-0.1, -0.05) is 17.7 Å². The van der Waals surface area contributed by atoms with Crippen LogP contribution in [0.1, 0.15) is 0 Å². The summed E-state index contributed by atoms with van der Waals surface area (Å²) in [5.41, 5.74) is 0. The Hall–Kier alpha value is 1.43. The topological polar surface area (TPSA) is 0 Å². The van der Waals surface area contributed by atoms with Crippen LogP contribution in [0.4, 0.5) is 0 Å². The highest BCUT2D eigenvalue weighted by molar-refractivity contribution is 7.22. The van der Waals surface area contributed by atoms with Crippen molar-refractivity contribution in [1.82, 2.24) is 0 Å². The van der Waals surface area contributed by atoms with Crippen molar-refractivity contribution >= 4 is 56.7 Å². The van der Waals surface area contributed by atoms with Crippen molar-refractivity contribution < 1.29 is 0 Å². The molecule has 9 heavy (non-hydrogen) atoms. The highest BCUT2D eigenvalue weighted by Gasteiger charge is 1.78. The second kappa shape index (κ2) is 12.1. The minimum absolute atomic E-state index is 0.366. The number of hydrogen-bond acceptors (Lipinski definition) is 0. The van der Waals surface area contributed by atoms with E-state index < -0.39 is 13.4 Å². The third-order valence-electron chi connectivity index (χ3n) is 0.349. The van der Waals surface area contributed by atoms with E-state index in [9.17, 15) is 0 Å². The van der Waals surface area contributed by atoms with Gasteiger partial charge in [-0.25, -0.2) is 20.1 Å². The van der Waals surface area contributed by atoms with Crippen LogP contribution in [-0.2, 0) is 0 Å². The van der Waals surface area contributed by atoms with E-state index in [-0.39, 0.29) is 0 Å². The molecule has 0 rings (SSSR count). The number of halogens is 4. The zero-order valence-electron chi connectivity index (χ0n) is 4.71. The van der Waals surface area contributed by atoms with E-state index in [1.54, 1.807) is 0 Å². The molecule has 0 aromatic rings. The average molecular weight is 223 g/mol. The molecule has 0 amide bonds. The minimum atomic E-state index is -0.639. The molecule has 0 saturated heterocycles. The number of alkyl halides is 1. The smallest absolute Gasteiger partial charge is 0.240 e. The molecule has 0 saturated carbocycles. The van der Waals surface area contributed by atoms with E-state index in [2.05, 4.69) is 6.92 Å². The molecule has 0 aliphatic carbocycles. The van der Waals surface area contributed by atoms with E-state index in [1.165, 1.54) is 6.08 Å². The van der Waals surface area contributed by atoms with Gasteiger partial charge >= 0.3 is 13.4 Å². The van der Waals surface area contributed by atoms with Crippen LogP contribution in [0.2, 0.25) is 0 Å². The molecule has 0 atom stereocenters. The Balaban J connectivity index is 0. The summed E-state index contributed by atoms with van der Waals surface area (Å²) in [5, 5.41) is 0.594. The summed E-state index contributed by atoms with van der Waals surface area (Å²) in [6.45, 7) is 3.38. The van der Waals surface area contributed by atoms with Crippen molar-refractivity contribution in [3.63, 3.8) is 0 Å². The molecule has 0 aliphatic rings. The summed E-state index contributed by atoms with van der Waals surface area (Å²) in [7, 11) is 9.81. The molecule has 1 radical (unpaired) electrons. The van der Waals surface area contributed by atoms with Crippen LogP contribution in [0, 0.1) is 6.92 Å². The third-order valence-corrected chi connectivity index (χ3v) is 1.06. The van der Waals surface area contributed by atoms with E-state index in [4.69, 9.17) is 43.3 Å². The van der Waals surface area contributed by atoms with Crippen molar-refractivity contribution in [2.45, 2.75) is 0 Å². The highest BCUT2D eigenvalue weighted by Crippen LogP contribution is 2.00. The summed E-state index contributed by atoms with van der Waals surface area (Å²) in [6.07, 6.45) is 1.52. The number of hydrogen-bond donors (Lipinski definition) is 0. The maximum Gasteiger partial charge on any atom is 0.499 e. The molecule has 0 aromatic heterocycles. The molecule has 0 N–H and O–H groups in total. The third kappa shape index (κ3) is 17.7. The van der Waals surface area contributed by atoms with Crippen LogP contribution in [0.5, 0.6) is 0 Å². The average Bonchev–Trinajstić information content (AvgIpc) is 1.88. The van der Waals surface area contributed by atoms with E-state index >= 15 is 0 Å². The van der Waals surface area contributed by atoms with E-state index in [0.29, 0.717) is 10.9 Å². The van der Waals surface area contributed by atoms with Gasteiger partial charge in [-0.2, -0.15) is 0 Å². The molecule has 5 heteroatoms. The van der Waals surface area contributed by atoms with Gasteiger partial charge in [0, 0.05) is 5.03 Å². The zero-order chi connectivity index (χ0) is 7.70. The Labute approximate surface area is 80.2 Å². The first-order valence-electron chi connectivity index (χ1n) is 2.04. The molecule has 0 spiro atoms. The number of rotatable bonds is 1. The SMILES string of the molecule is [CH2]C=C(Cl)CCl.[Cl][AlH][Cl]. The fraction of sp³-hybridized carbons (Fsp3) is 0.250. The van der Waals surface area contributed by atoms with Crippen LogP contribution < -0.4 is 0 Å². The summed E-state index contributed by atoms with van der Waals surface area (Å²) < 4.78 is 0. The number of allylic oxidation sites excluding steroid dienone is 2. The normalized spacial score (nSPS) is 9.67. The van der Waals surface area contributed by atoms with Gasteiger partial charge in [-0.05, 0) is 6.92 Å². The predicted molar refractivity (Wildman–Crippen MR) is 48.9 cm³/mol. The summed E-state index contributed by atoms with van der Waals surface area (Å²) in [6, 6.07) is 0. The Morgan fingerprint density at radius 1 is 1.56 bits per heavy atom. The van der Waals surface area contributed by atoms with Gasteiger partial charge < -0.3 is 0 Å². The van der Waals surface area contributed by atoms with Crippen LogP contribution >= 0.6 is 43.3 Å². The fourth-order valence-electron chi connectivity index (χ4n) is 0.0546. The monoisotopic (exact) mass is 221 g/mol. The van der Waals surface area contributed by atoms with Gasteiger partial charge in [0.2, 0.25) is 0 Å². The maximum atomic E-state index is 5.32. The lowest BCUT2D eigenvalue weighted by molar-refractivity contribution is 1.67. The Morgan fingerprint density at radius 3 is 1.89 bits per heavy atom. The Kier molecular flexibility index (Phi) is 17.6. The summed E-state index contributed by atoms with van der Waals surface area (Å²) in [5.74, 6) is 0.366. The van der Waals surface area contributed by atoms with Gasteiger partial charge in [0.05, 0.1) is 5.88 Å². The summed E-state index contributed by atoms with van der Waals surface area (Å²) in [4.78, 5) is 0. The van der Waals surface area contributed by atoms with Crippen LogP contribution in [0.25, 0.3) is 0 Å². The van der Waals surface area contributed by atoms with Gasteiger partial charge in [-0.3, -0.25) is 0 Å². The van der Waals surface area contributed by atoms with Gasteiger partial charge in [0.1, 0.15) is 0 Å². The van der Waals surface area contributed by atoms with Crippen molar-refractivity contribution in [2.24, 2.45) is 0 Å². The molecule has 53 valence electrons. The fourth-order valence-corrected chi connectivity index (χ4v) is 0.164. The zero-order valence-corrected chi connectivity index (χ0v) is 9.15. The first-order valence-corrected chi connectivity index (χ1v) is 7.23. The largest absolute Gasteiger partial charge is 0.499 e. The first kappa shape index (κ1) is 13.1. The summed E-state index contributed by atoms with van der Waals surface area (Å²) >= 11 is 9.89. The predicted octanol–water partition coefficient (Wildman–Crippen LogP) is 2.91. The molecule has 0 bridgehead atoms. The standard InChI is InChI=1S/C4H5Cl2.Al.2ClH.H/c1-2-4(6)3-5;;;;/h2H,1,3H2;;2*1H;/q;+2;;;/p-2. The molecular weight excluding hydrogens is 217 g/mol. The Morgan fingerprint density at radius 2 is 1.89 bits per heavy atom. The van der Waals surface area contributed by atoms with Crippen LogP contribution in [0.3, 0.4) is 0 Å². The highest BCUT2D eigenvalue weighted by atomic mass is 35.7. The molecule has 0 unspecified atom stereocenters. The molecule has 0 aromatic carbocycles. The molecular formula is C4H6AlCl4. The second-order valence-electron chi connectivity index (χ2n) is 0.886. The van der Waals surface area contributed by atoms with Crippen molar-refractivity contribution in [2.75, 3.05) is 5.88 Å². The van der Waals surface area contributed by atoms with Crippen LogP contribution in [0.15, 0.2) is 11.1 Å². The quantitative estimate of drug-likeness (QED) is 0.473. The van der Waals surface area contributed by atoms with Crippen molar-refractivity contribution in [1.29, 1.82) is 0 Å². The van der Waals surface area contributed by atoms with Gasteiger partial charge in [0.25, 0.3) is 0 Å². The van der Waals surface area contributed by atoms with E-state index in [0.717, 1.165) is 0 Å². The van der Waals surface area contributed by atoms with Gasteiger partial charge in [0.15, 0.2) is 0 Å². The lowest BCUT2D eigenvalue weighted by atomic mass is 10.6. The maximum absolute atomic E-state index is 5.32. The lowest BCUT2D eigenvalue weighted by Gasteiger charge is -1.79.